The minimum absolute atomic E-state index is 0.117. The van der Waals surface area contributed by atoms with Crippen molar-refractivity contribution in [1.29, 1.82) is 0 Å². The fraction of sp³-hybridized carbons (Fsp3) is 0.462. The first-order valence-corrected chi connectivity index (χ1v) is 5.88. The summed E-state index contributed by atoms with van der Waals surface area (Å²) < 4.78 is 0. The molecule has 0 amide bonds. The molecule has 0 aromatic heterocycles. The Hall–Kier alpha value is -1.35. The van der Waals surface area contributed by atoms with Crippen LogP contribution in [-0.4, -0.2) is 29.4 Å². The number of piperidine rings is 1. The van der Waals surface area contributed by atoms with E-state index in [-0.39, 0.29) is 6.04 Å². The number of likely N-dealkylation sites (tertiary alicyclic amines) is 1. The normalized spacial score (nSPS) is 20.0. The highest BCUT2D eigenvalue weighted by Gasteiger charge is 2.20. The first-order valence-electron chi connectivity index (χ1n) is 5.88. The Morgan fingerprint density at radius 1 is 1.12 bits per heavy atom. The van der Waals surface area contributed by atoms with Gasteiger partial charge in [0.15, 0.2) is 0 Å². The van der Waals surface area contributed by atoms with E-state index in [9.17, 15) is 0 Å². The lowest BCUT2D eigenvalue weighted by Gasteiger charge is -2.32. The van der Waals surface area contributed by atoms with Gasteiger partial charge in [0.2, 0.25) is 0 Å². The van der Waals surface area contributed by atoms with Gasteiger partial charge in [0.25, 0.3) is 0 Å². The van der Waals surface area contributed by atoms with Crippen molar-refractivity contribution in [1.82, 2.24) is 4.90 Å². The minimum atomic E-state index is 0.117. The summed E-state index contributed by atoms with van der Waals surface area (Å²) in [5.41, 5.74) is 1.20. The SMILES string of the molecule is O/N=C\[C@@H](c1ccccc1)N1CCCCC1. The van der Waals surface area contributed by atoms with Gasteiger partial charge in [0.05, 0.1) is 12.3 Å². The predicted molar refractivity (Wildman–Crippen MR) is 64.9 cm³/mol. The summed E-state index contributed by atoms with van der Waals surface area (Å²) in [6.07, 6.45) is 5.42. The molecule has 1 aromatic rings. The second-order valence-corrected chi connectivity index (χ2v) is 4.22. The molecule has 16 heavy (non-hydrogen) atoms. The molecule has 86 valence electrons. The van der Waals surface area contributed by atoms with Crippen molar-refractivity contribution < 1.29 is 5.21 Å². The quantitative estimate of drug-likeness (QED) is 0.481. The number of oxime groups is 1. The van der Waals surface area contributed by atoms with Gasteiger partial charge in [-0.25, -0.2) is 0 Å². The third-order valence-electron chi connectivity index (χ3n) is 3.13. The summed E-state index contributed by atoms with van der Waals surface area (Å²) in [5.74, 6) is 0. The minimum Gasteiger partial charge on any atom is -0.411 e. The lowest BCUT2D eigenvalue weighted by molar-refractivity contribution is 0.201. The van der Waals surface area contributed by atoms with Gasteiger partial charge in [-0.3, -0.25) is 4.90 Å². The molecule has 3 heteroatoms. The number of nitrogens with zero attached hydrogens (tertiary/aromatic N) is 2. The maximum atomic E-state index is 8.77. The standard InChI is InChI=1S/C13H18N2O/c16-14-11-13(12-7-3-1-4-8-12)15-9-5-2-6-10-15/h1,3-4,7-8,11,13,16H,2,5-6,9-10H2/b14-11-/t13-/m0/s1. The molecule has 1 atom stereocenters. The molecule has 1 heterocycles. The summed E-state index contributed by atoms with van der Waals surface area (Å²) in [7, 11) is 0. The molecular weight excluding hydrogens is 200 g/mol. The molecule has 1 fully saturated rings. The Balaban J connectivity index is 2.16. The van der Waals surface area contributed by atoms with Gasteiger partial charge in [-0.2, -0.15) is 0 Å². The molecule has 1 aliphatic heterocycles. The summed E-state index contributed by atoms with van der Waals surface area (Å²) in [5, 5.41) is 12.0. The molecule has 2 rings (SSSR count). The fourth-order valence-corrected chi connectivity index (χ4v) is 2.30. The number of rotatable bonds is 3. The molecule has 0 radical (unpaired) electrons. The van der Waals surface area contributed by atoms with Crippen LogP contribution in [0.3, 0.4) is 0 Å². The van der Waals surface area contributed by atoms with Crippen LogP contribution in [0.1, 0.15) is 30.9 Å². The zero-order valence-corrected chi connectivity index (χ0v) is 9.42. The Kier molecular flexibility index (Phi) is 3.94. The number of hydrogen-bond donors (Lipinski definition) is 1. The zero-order valence-electron chi connectivity index (χ0n) is 9.42. The summed E-state index contributed by atoms with van der Waals surface area (Å²) in [4.78, 5) is 2.37. The Morgan fingerprint density at radius 2 is 1.81 bits per heavy atom. The number of benzene rings is 1. The van der Waals surface area contributed by atoms with Gasteiger partial charge in [-0.15, -0.1) is 5.16 Å². The molecular formula is C13H18N2O. The molecule has 0 unspecified atom stereocenters. The summed E-state index contributed by atoms with van der Waals surface area (Å²) >= 11 is 0. The van der Waals surface area contributed by atoms with Gasteiger partial charge in [0.1, 0.15) is 0 Å². The largest absolute Gasteiger partial charge is 0.411 e. The predicted octanol–water partition coefficient (Wildman–Crippen LogP) is 2.67. The van der Waals surface area contributed by atoms with Gasteiger partial charge in [0, 0.05) is 0 Å². The maximum Gasteiger partial charge on any atom is 0.0739 e. The Morgan fingerprint density at radius 3 is 2.44 bits per heavy atom. The Labute approximate surface area is 96.4 Å². The van der Waals surface area contributed by atoms with E-state index in [0.29, 0.717) is 0 Å². The molecule has 0 aliphatic carbocycles. The molecule has 1 N–H and O–H groups in total. The first-order chi connectivity index (χ1) is 7.92. The molecule has 0 bridgehead atoms. The smallest absolute Gasteiger partial charge is 0.0739 e. The molecule has 1 aliphatic rings. The van der Waals surface area contributed by atoms with Gasteiger partial charge in [-0.05, 0) is 31.5 Å². The third kappa shape index (κ3) is 2.61. The van der Waals surface area contributed by atoms with Gasteiger partial charge < -0.3 is 5.21 Å². The molecule has 3 nitrogen and oxygen atoms in total. The van der Waals surface area contributed by atoms with Crippen molar-refractivity contribution in [3.8, 4) is 0 Å². The van der Waals surface area contributed by atoms with E-state index in [1.165, 1.54) is 24.8 Å². The first kappa shape index (κ1) is 11.1. The lowest BCUT2D eigenvalue weighted by atomic mass is 10.0. The van der Waals surface area contributed by atoms with E-state index in [1.807, 2.05) is 18.2 Å². The average molecular weight is 218 g/mol. The molecule has 0 saturated carbocycles. The third-order valence-corrected chi connectivity index (χ3v) is 3.13. The lowest BCUT2D eigenvalue weighted by Crippen LogP contribution is -2.34. The van der Waals surface area contributed by atoms with E-state index < -0.39 is 0 Å². The zero-order chi connectivity index (χ0) is 11.2. The Bertz CT molecular complexity index is 331. The topological polar surface area (TPSA) is 35.8 Å². The van der Waals surface area contributed by atoms with E-state index >= 15 is 0 Å². The van der Waals surface area contributed by atoms with Crippen LogP contribution >= 0.6 is 0 Å². The van der Waals surface area contributed by atoms with E-state index in [2.05, 4.69) is 22.2 Å². The van der Waals surface area contributed by atoms with Crippen LogP contribution in [0.4, 0.5) is 0 Å². The number of hydrogen-bond acceptors (Lipinski definition) is 3. The van der Waals surface area contributed by atoms with Crippen LogP contribution < -0.4 is 0 Å². The van der Waals surface area contributed by atoms with Crippen molar-refractivity contribution >= 4 is 6.21 Å². The van der Waals surface area contributed by atoms with Crippen molar-refractivity contribution in [2.45, 2.75) is 25.3 Å². The molecule has 1 aromatic carbocycles. The van der Waals surface area contributed by atoms with Crippen LogP contribution in [0.5, 0.6) is 0 Å². The summed E-state index contributed by atoms with van der Waals surface area (Å²) in [6.45, 7) is 2.18. The highest BCUT2D eigenvalue weighted by Crippen LogP contribution is 2.22. The monoisotopic (exact) mass is 218 g/mol. The van der Waals surface area contributed by atoms with Gasteiger partial charge >= 0.3 is 0 Å². The second-order valence-electron chi connectivity index (χ2n) is 4.22. The van der Waals surface area contributed by atoms with Crippen molar-refractivity contribution in [3.05, 3.63) is 35.9 Å². The highest BCUT2D eigenvalue weighted by molar-refractivity contribution is 5.66. The van der Waals surface area contributed by atoms with Crippen molar-refractivity contribution in [2.75, 3.05) is 13.1 Å². The van der Waals surface area contributed by atoms with Crippen LogP contribution in [-0.2, 0) is 0 Å². The average Bonchev–Trinajstić information content (AvgIpc) is 2.38. The van der Waals surface area contributed by atoms with E-state index in [1.54, 1.807) is 6.21 Å². The van der Waals surface area contributed by atoms with Crippen molar-refractivity contribution in [2.24, 2.45) is 5.16 Å². The van der Waals surface area contributed by atoms with Crippen LogP contribution in [0.25, 0.3) is 0 Å². The molecule has 1 saturated heterocycles. The second kappa shape index (κ2) is 5.66. The summed E-state index contributed by atoms with van der Waals surface area (Å²) in [6, 6.07) is 10.3. The van der Waals surface area contributed by atoms with Gasteiger partial charge in [-0.1, -0.05) is 36.8 Å². The molecule has 0 spiro atoms. The maximum absolute atomic E-state index is 8.77. The van der Waals surface area contributed by atoms with Crippen molar-refractivity contribution in [3.63, 3.8) is 0 Å². The van der Waals surface area contributed by atoms with Crippen LogP contribution in [0.2, 0.25) is 0 Å². The van der Waals surface area contributed by atoms with Crippen LogP contribution in [0.15, 0.2) is 35.5 Å². The fourth-order valence-electron chi connectivity index (χ4n) is 2.30. The van der Waals surface area contributed by atoms with Crippen LogP contribution in [0, 0.1) is 0 Å². The van der Waals surface area contributed by atoms with E-state index in [0.717, 1.165) is 13.1 Å². The highest BCUT2D eigenvalue weighted by atomic mass is 16.4. The van der Waals surface area contributed by atoms with E-state index in [4.69, 9.17) is 5.21 Å².